The Kier molecular flexibility index (Phi) is 5.23. The molecule has 8 heteroatoms. The van der Waals surface area contributed by atoms with Gasteiger partial charge in [0.2, 0.25) is 0 Å². The fraction of sp³-hybridized carbons (Fsp3) is 0.100. The number of fused-ring (bicyclic) bond motifs is 1. The molecule has 0 saturated heterocycles. The molecule has 2 aromatic carbocycles. The number of halogens is 2. The van der Waals surface area contributed by atoms with E-state index in [9.17, 15) is 4.79 Å². The van der Waals surface area contributed by atoms with Crippen LogP contribution < -0.4 is 14.9 Å². The minimum Gasteiger partial charge on any atom is -0.486 e. The van der Waals surface area contributed by atoms with Gasteiger partial charge >= 0.3 is 0 Å². The topological polar surface area (TPSA) is 73.1 Å². The summed E-state index contributed by atoms with van der Waals surface area (Å²) in [4.78, 5) is 12.2. The standard InChI is InChI=1S/C20H14Cl2N2O4/c21-15-3-1-2-14(19(15)22)16-7-5-13(28-16)11-23-24-20(25)12-4-6-17-18(10-12)27-9-8-26-17/h1-7,10-11H,8-9H2,(H,24,25)/b23-11+. The van der Waals surface area contributed by atoms with Gasteiger partial charge in [0.1, 0.15) is 24.7 Å². The number of rotatable bonds is 4. The molecule has 1 N–H and O–H groups in total. The highest BCUT2D eigenvalue weighted by Gasteiger charge is 2.15. The third-order valence-corrected chi connectivity index (χ3v) is 4.82. The predicted octanol–water partition coefficient (Wildman–Crippen LogP) is 4.79. The van der Waals surface area contributed by atoms with Crippen molar-refractivity contribution in [1.29, 1.82) is 0 Å². The Morgan fingerprint density at radius 2 is 1.86 bits per heavy atom. The fourth-order valence-electron chi connectivity index (χ4n) is 2.66. The molecule has 0 unspecified atom stereocenters. The Morgan fingerprint density at radius 3 is 2.71 bits per heavy atom. The Bertz CT molecular complexity index is 1060. The van der Waals surface area contributed by atoms with Crippen LogP contribution in [0.25, 0.3) is 11.3 Å². The van der Waals surface area contributed by atoms with Crippen molar-refractivity contribution in [3.05, 3.63) is 69.9 Å². The maximum absolute atomic E-state index is 12.2. The predicted molar refractivity (Wildman–Crippen MR) is 107 cm³/mol. The van der Waals surface area contributed by atoms with Crippen LogP contribution >= 0.6 is 23.2 Å². The average Bonchev–Trinajstić information content (AvgIpc) is 3.18. The van der Waals surface area contributed by atoms with Crippen LogP contribution in [0.3, 0.4) is 0 Å². The summed E-state index contributed by atoms with van der Waals surface area (Å²) < 4.78 is 16.6. The molecule has 1 aromatic heterocycles. The molecule has 1 aliphatic rings. The number of amides is 1. The summed E-state index contributed by atoms with van der Waals surface area (Å²) in [6, 6.07) is 13.7. The van der Waals surface area contributed by atoms with E-state index in [4.69, 9.17) is 37.1 Å². The van der Waals surface area contributed by atoms with Gasteiger partial charge in [-0.1, -0.05) is 29.3 Å². The average molecular weight is 417 g/mol. The number of ether oxygens (including phenoxy) is 2. The van der Waals surface area contributed by atoms with Gasteiger partial charge in [-0.25, -0.2) is 5.43 Å². The lowest BCUT2D eigenvalue weighted by Gasteiger charge is -2.18. The lowest BCUT2D eigenvalue weighted by atomic mass is 10.2. The molecule has 2 heterocycles. The summed E-state index contributed by atoms with van der Waals surface area (Å²) in [5.74, 6) is 1.78. The van der Waals surface area contributed by atoms with Crippen LogP contribution in [0.4, 0.5) is 0 Å². The van der Waals surface area contributed by atoms with Gasteiger partial charge in [-0.3, -0.25) is 4.79 Å². The Labute approximate surface area is 170 Å². The molecule has 0 bridgehead atoms. The molecule has 1 aliphatic heterocycles. The van der Waals surface area contributed by atoms with E-state index in [2.05, 4.69) is 10.5 Å². The number of carbonyl (C=O) groups is 1. The van der Waals surface area contributed by atoms with Gasteiger partial charge in [0, 0.05) is 11.1 Å². The molecular formula is C20H14Cl2N2O4. The van der Waals surface area contributed by atoms with Gasteiger partial charge in [0.25, 0.3) is 5.91 Å². The normalized spacial score (nSPS) is 12.9. The monoisotopic (exact) mass is 416 g/mol. The smallest absolute Gasteiger partial charge is 0.271 e. The number of hydrogen-bond acceptors (Lipinski definition) is 5. The van der Waals surface area contributed by atoms with E-state index in [0.29, 0.717) is 57.4 Å². The third kappa shape index (κ3) is 3.83. The summed E-state index contributed by atoms with van der Waals surface area (Å²) in [7, 11) is 0. The molecular weight excluding hydrogens is 403 g/mol. The van der Waals surface area contributed by atoms with Crippen LogP contribution in [0.15, 0.2) is 58.0 Å². The van der Waals surface area contributed by atoms with Crippen LogP contribution in [-0.2, 0) is 0 Å². The molecule has 0 saturated carbocycles. The van der Waals surface area contributed by atoms with Crippen LogP contribution in [0.2, 0.25) is 10.0 Å². The summed E-state index contributed by atoms with van der Waals surface area (Å²) >= 11 is 12.2. The van der Waals surface area contributed by atoms with Crippen molar-refractivity contribution in [2.24, 2.45) is 5.10 Å². The molecule has 28 heavy (non-hydrogen) atoms. The highest BCUT2D eigenvalue weighted by Crippen LogP contribution is 2.34. The van der Waals surface area contributed by atoms with Crippen molar-refractivity contribution >= 4 is 35.3 Å². The highest BCUT2D eigenvalue weighted by atomic mass is 35.5. The number of carbonyl (C=O) groups excluding carboxylic acids is 1. The summed E-state index contributed by atoms with van der Waals surface area (Å²) in [6.45, 7) is 0.946. The molecule has 1 amide bonds. The molecule has 0 spiro atoms. The maximum atomic E-state index is 12.2. The van der Waals surface area contributed by atoms with E-state index in [0.717, 1.165) is 0 Å². The van der Waals surface area contributed by atoms with Crippen molar-refractivity contribution in [3.63, 3.8) is 0 Å². The van der Waals surface area contributed by atoms with E-state index in [1.165, 1.54) is 6.21 Å². The largest absolute Gasteiger partial charge is 0.486 e. The first-order valence-corrected chi connectivity index (χ1v) is 9.15. The lowest BCUT2D eigenvalue weighted by molar-refractivity contribution is 0.0954. The molecule has 142 valence electrons. The van der Waals surface area contributed by atoms with Crippen molar-refractivity contribution in [2.45, 2.75) is 0 Å². The molecule has 4 rings (SSSR count). The lowest BCUT2D eigenvalue weighted by Crippen LogP contribution is -2.19. The van der Waals surface area contributed by atoms with Gasteiger partial charge in [0.05, 0.1) is 16.3 Å². The fourth-order valence-corrected chi connectivity index (χ4v) is 3.06. The molecule has 6 nitrogen and oxygen atoms in total. The number of hydrazone groups is 1. The number of nitrogens with one attached hydrogen (secondary N) is 1. The van der Waals surface area contributed by atoms with E-state index >= 15 is 0 Å². The zero-order chi connectivity index (χ0) is 19.5. The first-order valence-electron chi connectivity index (χ1n) is 8.39. The number of nitrogens with zero attached hydrogens (tertiary/aromatic N) is 1. The minimum atomic E-state index is -0.377. The van der Waals surface area contributed by atoms with Crippen molar-refractivity contribution < 1.29 is 18.7 Å². The van der Waals surface area contributed by atoms with Crippen LogP contribution in [0, 0.1) is 0 Å². The van der Waals surface area contributed by atoms with Crippen LogP contribution in [-0.4, -0.2) is 25.3 Å². The minimum absolute atomic E-state index is 0.377. The number of benzene rings is 2. The van der Waals surface area contributed by atoms with E-state index in [-0.39, 0.29) is 5.91 Å². The zero-order valence-electron chi connectivity index (χ0n) is 14.4. The second-order valence-corrected chi connectivity index (χ2v) is 6.65. The zero-order valence-corrected chi connectivity index (χ0v) is 16.0. The summed E-state index contributed by atoms with van der Waals surface area (Å²) in [5.41, 5.74) is 3.54. The first-order chi connectivity index (χ1) is 13.6. The summed E-state index contributed by atoms with van der Waals surface area (Å²) in [5, 5.41) is 4.78. The van der Waals surface area contributed by atoms with E-state index < -0.39 is 0 Å². The number of hydrogen-bond donors (Lipinski definition) is 1. The molecule has 0 radical (unpaired) electrons. The van der Waals surface area contributed by atoms with E-state index in [1.807, 2.05) is 0 Å². The van der Waals surface area contributed by atoms with Crippen molar-refractivity contribution in [3.8, 4) is 22.8 Å². The van der Waals surface area contributed by atoms with Gasteiger partial charge in [-0.05, 0) is 42.5 Å². The van der Waals surface area contributed by atoms with Crippen LogP contribution in [0.1, 0.15) is 16.1 Å². The summed E-state index contributed by atoms with van der Waals surface area (Å²) in [6.07, 6.45) is 1.40. The second-order valence-electron chi connectivity index (χ2n) is 5.86. The van der Waals surface area contributed by atoms with Crippen molar-refractivity contribution in [1.82, 2.24) is 5.43 Å². The highest BCUT2D eigenvalue weighted by molar-refractivity contribution is 6.43. The molecule has 0 aliphatic carbocycles. The molecule has 0 atom stereocenters. The Balaban J connectivity index is 1.43. The van der Waals surface area contributed by atoms with E-state index in [1.54, 1.807) is 48.5 Å². The Hall–Kier alpha value is -2.96. The van der Waals surface area contributed by atoms with Gasteiger partial charge in [-0.2, -0.15) is 5.10 Å². The second kappa shape index (κ2) is 7.96. The van der Waals surface area contributed by atoms with Crippen LogP contribution in [0.5, 0.6) is 11.5 Å². The third-order valence-electron chi connectivity index (χ3n) is 4.01. The molecule has 0 fully saturated rings. The van der Waals surface area contributed by atoms with Gasteiger partial charge in [0.15, 0.2) is 11.5 Å². The van der Waals surface area contributed by atoms with Gasteiger partial charge in [-0.15, -0.1) is 0 Å². The quantitative estimate of drug-likeness (QED) is 0.490. The maximum Gasteiger partial charge on any atom is 0.271 e. The SMILES string of the molecule is O=C(N/N=C/c1ccc(-c2cccc(Cl)c2Cl)o1)c1ccc2c(c1)OCCO2. The number of furan rings is 1. The molecule has 3 aromatic rings. The van der Waals surface area contributed by atoms with Crippen molar-refractivity contribution in [2.75, 3.05) is 13.2 Å². The Morgan fingerprint density at radius 1 is 1.04 bits per heavy atom. The van der Waals surface area contributed by atoms with Gasteiger partial charge < -0.3 is 13.9 Å². The first kappa shape index (κ1) is 18.4.